The fourth-order valence-corrected chi connectivity index (χ4v) is 2.61. The van der Waals surface area contributed by atoms with Crippen molar-refractivity contribution < 1.29 is 0 Å². The summed E-state index contributed by atoms with van der Waals surface area (Å²) in [4.78, 5) is 4.41. The van der Waals surface area contributed by atoms with Crippen LogP contribution in [0.15, 0.2) is 53.1 Å². The van der Waals surface area contributed by atoms with Crippen LogP contribution in [0, 0.1) is 5.92 Å². The normalized spacial score (nSPS) is 16.3. The summed E-state index contributed by atoms with van der Waals surface area (Å²) < 4.78 is 1.03. The Morgan fingerprint density at radius 1 is 1.16 bits per heavy atom. The van der Waals surface area contributed by atoms with E-state index in [9.17, 15) is 0 Å². The van der Waals surface area contributed by atoms with Gasteiger partial charge in [0, 0.05) is 23.3 Å². The van der Waals surface area contributed by atoms with Crippen molar-refractivity contribution in [1.82, 2.24) is 10.3 Å². The molecule has 2 nitrogen and oxygen atoms in total. The van der Waals surface area contributed by atoms with Crippen molar-refractivity contribution in [2.24, 2.45) is 5.92 Å². The van der Waals surface area contributed by atoms with Gasteiger partial charge in [-0.15, -0.1) is 0 Å². The first kappa shape index (κ1) is 12.8. The van der Waals surface area contributed by atoms with Gasteiger partial charge in [-0.2, -0.15) is 0 Å². The summed E-state index contributed by atoms with van der Waals surface area (Å²) in [6.45, 7) is 0.823. The molecule has 19 heavy (non-hydrogen) atoms. The zero-order chi connectivity index (χ0) is 13.1. The van der Waals surface area contributed by atoms with Crippen LogP contribution in [0.4, 0.5) is 0 Å². The van der Waals surface area contributed by atoms with E-state index in [4.69, 9.17) is 0 Å². The predicted molar refractivity (Wildman–Crippen MR) is 80.7 cm³/mol. The van der Waals surface area contributed by atoms with Crippen molar-refractivity contribution in [2.45, 2.75) is 25.4 Å². The van der Waals surface area contributed by atoms with E-state index in [0.717, 1.165) is 22.6 Å². The number of nitrogens with one attached hydrogen (secondary N) is 1. The molecular formula is C16H17BrN2. The number of benzene rings is 1. The van der Waals surface area contributed by atoms with Crippen molar-refractivity contribution in [1.29, 1.82) is 0 Å². The molecule has 1 aliphatic rings. The van der Waals surface area contributed by atoms with Crippen molar-refractivity contribution in [2.75, 3.05) is 0 Å². The Labute approximate surface area is 122 Å². The number of hydrogen-bond acceptors (Lipinski definition) is 2. The van der Waals surface area contributed by atoms with Gasteiger partial charge in [-0.1, -0.05) is 30.3 Å². The SMILES string of the molecule is Brc1ccc(CNC(c2ccccc2)C2CC2)nc1. The predicted octanol–water partition coefficient (Wildman–Crippen LogP) is 4.09. The Bertz CT molecular complexity index is 520. The highest BCUT2D eigenvalue weighted by molar-refractivity contribution is 9.10. The van der Waals surface area contributed by atoms with E-state index in [-0.39, 0.29) is 0 Å². The third-order valence-corrected chi connectivity index (χ3v) is 4.01. The molecule has 2 aromatic rings. The minimum atomic E-state index is 0.464. The number of halogens is 1. The average Bonchev–Trinajstić information content (AvgIpc) is 3.27. The first-order chi connectivity index (χ1) is 9.33. The van der Waals surface area contributed by atoms with Gasteiger partial charge in [0.05, 0.1) is 5.69 Å². The monoisotopic (exact) mass is 316 g/mol. The van der Waals surface area contributed by atoms with Gasteiger partial charge < -0.3 is 5.32 Å². The van der Waals surface area contributed by atoms with Gasteiger partial charge in [-0.3, -0.25) is 4.98 Å². The number of pyridine rings is 1. The molecule has 1 aromatic carbocycles. The Balaban J connectivity index is 1.67. The van der Waals surface area contributed by atoms with Gasteiger partial charge in [0.2, 0.25) is 0 Å². The first-order valence-corrected chi connectivity index (χ1v) is 7.51. The van der Waals surface area contributed by atoms with Gasteiger partial charge >= 0.3 is 0 Å². The highest BCUT2D eigenvalue weighted by atomic mass is 79.9. The molecule has 1 saturated carbocycles. The van der Waals surface area contributed by atoms with Crippen LogP contribution in [-0.4, -0.2) is 4.98 Å². The van der Waals surface area contributed by atoms with Crippen LogP contribution in [0.25, 0.3) is 0 Å². The standard InChI is InChI=1S/C16H17BrN2/c17-14-8-9-15(18-10-14)11-19-16(13-6-7-13)12-4-2-1-3-5-12/h1-5,8-10,13,16,19H,6-7,11H2. The third-order valence-electron chi connectivity index (χ3n) is 3.54. The smallest absolute Gasteiger partial charge is 0.0542 e. The summed E-state index contributed by atoms with van der Waals surface area (Å²) >= 11 is 3.41. The van der Waals surface area contributed by atoms with E-state index in [2.05, 4.69) is 62.6 Å². The van der Waals surface area contributed by atoms with Crippen LogP contribution in [0.1, 0.15) is 30.1 Å². The summed E-state index contributed by atoms with van der Waals surface area (Å²) in [7, 11) is 0. The summed E-state index contributed by atoms with van der Waals surface area (Å²) in [5.41, 5.74) is 2.48. The highest BCUT2D eigenvalue weighted by Crippen LogP contribution is 2.41. The Morgan fingerprint density at radius 2 is 1.95 bits per heavy atom. The molecule has 1 aromatic heterocycles. The summed E-state index contributed by atoms with van der Waals surface area (Å²) in [6.07, 6.45) is 4.52. The second kappa shape index (κ2) is 5.85. The van der Waals surface area contributed by atoms with Gasteiger partial charge in [-0.05, 0) is 52.4 Å². The Hall–Kier alpha value is -1.19. The molecule has 1 atom stereocenters. The van der Waals surface area contributed by atoms with Gasteiger partial charge in [0.25, 0.3) is 0 Å². The molecule has 0 radical (unpaired) electrons. The molecule has 0 bridgehead atoms. The maximum Gasteiger partial charge on any atom is 0.0542 e. The van der Waals surface area contributed by atoms with E-state index in [1.165, 1.54) is 18.4 Å². The number of aromatic nitrogens is 1. The quantitative estimate of drug-likeness (QED) is 0.898. The molecule has 3 rings (SSSR count). The van der Waals surface area contributed by atoms with E-state index >= 15 is 0 Å². The Morgan fingerprint density at radius 3 is 2.58 bits per heavy atom. The molecular weight excluding hydrogens is 300 g/mol. The molecule has 0 saturated heterocycles. The summed E-state index contributed by atoms with van der Waals surface area (Å²) in [5, 5.41) is 3.66. The van der Waals surface area contributed by atoms with Crippen molar-refractivity contribution in [3.05, 3.63) is 64.4 Å². The van der Waals surface area contributed by atoms with Crippen LogP contribution in [0.2, 0.25) is 0 Å². The molecule has 1 unspecified atom stereocenters. The molecule has 1 heterocycles. The molecule has 1 N–H and O–H groups in total. The van der Waals surface area contributed by atoms with Crippen LogP contribution < -0.4 is 5.32 Å². The van der Waals surface area contributed by atoms with E-state index in [1.54, 1.807) is 0 Å². The van der Waals surface area contributed by atoms with Crippen LogP contribution >= 0.6 is 15.9 Å². The molecule has 98 valence electrons. The topological polar surface area (TPSA) is 24.9 Å². The minimum Gasteiger partial charge on any atom is -0.304 e. The van der Waals surface area contributed by atoms with Gasteiger partial charge in [0.1, 0.15) is 0 Å². The minimum absolute atomic E-state index is 0.464. The van der Waals surface area contributed by atoms with Crippen molar-refractivity contribution in [3.63, 3.8) is 0 Å². The third kappa shape index (κ3) is 3.43. The average molecular weight is 317 g/mol. The molecule has 0 spiro atoms. The lowest BCUT2D eigenvalue weighted by Crippen LogP contribution is -2.23. The van der Waals surface area contributed by atoms with E-state index < -0.39 is 0 Å². The number of nitrogens with zero attached hydrogens (tertiary/aromatic N) is 1. The first-order valence-electron chi connectivity index (χ1n) is 6.72. The maximum atomic E-state index is 4.41. The highest BCUT2D eigenvalue weighted by Gasteiger charge is 2.31. The van der Waals surface area contributed by atoms with Gasteiger partial charge in [-0.25, -0.2) is 0 Å². The second-order valence-electron chi connectivity index (χ2n) is 5.07. The zero-order valence-corrected chi connectivity index (χ0v) is 12.3. The fraction of sp³-hybridized carbons (Fsp3) is 0.312. The molecule has 3 heteroatoms. The zero-order valence-electron chi connectivity index (χ0n) is 10.7. The van der Waals surface area contributed by atoms with Crippen LogP contribution in [-0.2, 0) is 6.54 Å². The molecule has 1 fully saturated rings. The number of rotatable bonds is 5. The lowest BCUT2D eigenvalue weighted by molar-refractivity contribution is 0.476. The molecule has 0 aliphatic heterocycles. The second-order valence-corrected chi connectivity index (χ2v) is 5.99. The summed E-state index contributed by atoms with van der Waals surface area (Å²) in [5.74, 6) is 0.790. The van der Waals surface area contributed by atoms with E-state index in [1.807, 2.05) is 12.3 Å². The summed E-state index contributed by atoms with van der Waals surface area (Å²) in [6, 6.07) is 15.3. The molecule has 0 amide bonds. The fourth-order valence-electron chi connectivity index (χ4n) is 2.37. The van der Waals surface area contributed by atoms with Crippen LogP contribution in [0.3, 0.4) is 0 Å². The van der Waals surface area contributed by atoms with E-state index in [0.29, 0.717) is 6.04 Å². The molecule has 1 aliphatic carbocycles. The lowest BCUT2D eigenvalue weighted by atomic mass is 10.0. The lowest BCUT2D eigenvalue weighted by Gasteiger charge is -2.18. The van der Waals surface area contributed by atoms with Crippen LogP contribution in [0.5, 0.6) is 0 Å². The maximum absolute atomic E-state index is 4.41. The Kier molecular flexibility index (Phi) is 3.95. The van der Waals surface area contributed by atoms with Gasteiger partial charge in [0.15, 0.2) is 0 Å². The largest absolute Gasteiger partial charge is 0.304 e. The van der Waals surface area contributed by atoms with Crippen molar-refractivity contribution >= 4 is 15.9 Å². The number of hydrogen-bond donors (Lipinski definition) is 1. The van der Waals surface area contributed by atoms with Crippen molar-refractivity contribution in [3.8, 4) is 0 Å².